The summed E-state index contributed by atoms with van der Waals surface area (Å²) >= 11 is 0. The normalized spacial score (nSPS) is 12.3. The average Bonchev–Trinajstić information content (AvgIpc) is 2.52. The molecule has 0 aromatic heterocycles. The van der Waals surface area contributed by atoms with Crippen molar-refractivity contribution in [2.24, 2.45) is 0 Å². The van der Waals surface area contributed by atoms with Gasteiger partial charge in [0.25, 0.3) is 11.8 Å². The fourth-order valence-electron chi connectivity index (χ4n) is 2.82. The van der Waals surface area contributed by atoms with Gasteiger partial charge in [0.1, 0.15) is 0 Å². The SMILES string of the molecule is CCCNC(=O)C[NH+](C)CC(=O)Nc1c(C(C)C)cccc1C(C)C. The molecule has 0 bridgehead atoms. The third-order valence-corrected chi connectivity index (χ3v) is 4.13. The maximum Gasteiger partial charge on any atom is 0.279 e. The van der Waals surface area contributed by atoms with Crippen molar-refractivity contribution in [1.29, 1.82) is 0 Å². The topological polar surface area (TPSA) is 62.6 Å². The molecule has 2 amide bonds. The molecule has 0 aliphatic carbocycles. The number of rotatable bonds is 9. The van der Waals surface area contributed by atoms with E-state index in [2.05, 4.69) is 56.5 Å². The highest BCUT2D eigenvalue weighted by Gasteiger charge is 2.19. The molecule has 3 N–H and O–H groups in total. The fourth-order valence-corrected chi connectivity index (χ4v) is 2.82. The van der Waals surface area contributed by atoms with E-state index in [4.69, 9.17) is 0 Å². The highest BCUT2D eigenvalue weighted by Crippen LogP contribution is 2.32. The van der Waals surface area contributed by atoms with Gasteiger partial charge in [-0.1, -0.05) is 52.8 Å². The van der Waals surface area contributed by atoms with Crippen LogP contribution in [0.1, 0.15) is 64.0 Å². The number of hydrogen-bond donors (Lipinski definition) is 3. The van der Waals surface area contributed by atoms with Gasteiger partial charge in [-0.15, -0.1) is 0 Å². The first-order valence-corrected chi connectivity index (χ1v) is 9.26. The summed E-state index contributed by atoms with van der Waals surface area (Å²) in [5.41, 5.74) is 3.23. The van der Waals surface area contributed by atoms with Gasteiger partial charge in [-0.2, -0.15) is 0 Å². The molecule has 5 heteroatoms. The third kappa shape index (κ3) is 6.86. The van der Waals surface area contributed by atoms with Crippen LogP contribution in [0.15, 0.2) is 18.2 Å². The molecular formula is C20H34N3O2+. The first kappa shape index (κ1) is 21.2. The Kier molecular flexibility index (Phi) is 8.62. The van der Waals surface area contributed by atoms with Gasteiger partial charge in [0, 0.05) is 12.2 Å². The molecule has 5 nitrogen and oxygen atoms in total. The van der Waals surface area contributed by atoms with Crippen molar-refractivity contribution in [1.82, 2.24) is 5.32 Å². The van der Waals surface area contributed by atoms with E-state index < -0.39 is 0 Å². The minimum atomic E-state index is -0.0595. The number of carbonyl (C=O) groups excluding carboxylic acids is 2. The standard InChI is InChI=1S/C20H33N3O2/c1-7-11-21-18(24)12-23(6)13-19(25)22-20-16(14(2)3)9-8-10-17(20)15(4)5/h8-10,14-15H,7,11-13H2,1-6H3,(H,21,24)(H,22,25)/p+1. The zero-order valence-electron chi connectivity index (χ0n) is 16.5. The molecule has 0 aliphatic rings. The second kappa shape index (κ2) is 10.2. The number of nitrogens with one attached hydrogen (secondary N) is 3. The summed E-state index contributed by atoms with van der Waals surface area (Å²) in [6, 6.07) is 6.19. The van der Waals surface area contributed by atoms with Gasteiger partial charge in [-0.25, -0.2) is 0 Å². The van der Waals surface area contributed by atoms with E-state index in [0.29, 0.717) is 24.9 Å². The molecule has 1 unspecified atom stereocenters. The van der Waals surface area contributed by atoms with Crippen LogP contribution in [0.5, 0.6) is 0 Å². The highest BCUT2D eigenvalue weighted by molar-refractivity contribution is 5.93. The summed E-state index contributed by atoms with van der Waals surface area (Å²) in [5.74, 6) is 0.589. The van der Waals surface area contributed by atoms with Crippen molar-refractivity contribution < 1.29 is 14.5 Å². The maximum atomic E-state index is 12.5. The molecule has 0 spiro atoms. The summed E-state index contributed by atoms with van der Waals surface area (Å²) in [6.45, 7) is 11.8. The number of anilines is 1. The predicted octanol–water partition coefficient (Wildman–Crippen LogP) is 1.91. The maximum absolute atomic E-state index is 12.5. The van der Waals surface area contributed by atoms with Gasteiger partial charge >= 0.3 is 0 Å². The van der Waals surface area contributed by atoms with Crippen molar-refractivity contribution in [3.63, 3.8) is 0 Å². The van der Waals surface area contributed by atoms with Crippen LogP contribution < -0.4 is 15.5 Å². The van der Waals surface area contributed by atoms with E-state index in [1.807, 2.05) is 14.0 Å². The van der Waals surface area contributed by atoms with Gasteiger partial charge in [0.2, 0.25) is 0 Å². The van der Waals surface area contributed by atoms with Gasteiger partial charge in [0.05, 0.1) is 7.05 Å². The van der Waals surface area contributed by atoms with Crippen LogP contribution in [0.4, 0.5) is 5.69 Å². The van der Waals surface area contributed by atoms with E-state index in [1.165, 1.54) is 0 Å². The van der Waals surface area contributed by atoms with Gasteiger partial charge in [0.15, 0.2) is 13.1 Å². The second-order valence-electron chi connectivity index (χ2n) is 7.33. The first-order chi connectivity index (χ1) is 11.8. The monoisotopic (exact) mass is 348 g/mol. The Labute approximate surface area is 152 Å². The molecule has 0 fully saturated rings. The fraction of sp³-hybridized carbons (Fsp3) is 0.600. The summed E-state index contributed by atoms with van der Waals surface area (Å²) in [7, 11) is 1.86. The number of benzene rings is 1. The van der Waals surface area contributed by atoms with Crippen LogP contribution >= 0.6 is 0 Å². The van der Waals surface area contributed by atoms with Crippen molar-refractivity contribution >= 4 is 17.5 Å². The molecular weight excluding hydrogens is 314 g/mol. The van der Waals surface area contributed by atoms with Crippen molar-refractivity contribution in [3.05, 3.63) is 29.3 Å². The van der Waals surface area contributed by atoms with Crippen LogP contribution in [0, 0.1) is 0 Å². The van der Waals surface area contributed by atoms with Crippen molar-refractivity contribution in [3.8, 4) is 0 Å². The van der Waals surface area contributed by atoms with Crippen LogP contribution in [0.2, 0.25) is 0 Å². The quantitative estimate of drug-likeness (QED) is 0.638. The van der Waals surface area contributed by atoms with E-state index in [-0.39, 0.29) is 18.4 Å². The molecule has 1 aromatic rings. The molecule has 0 saturated heterocycles. The van der Waals surface area contributed by atoms with Crippen LogP contribution in [-0.2, 0) is 9.59 Å². The molecule has 0 radical (unpaired) electrons. The number of amides is 2. The van der Waals surface area contributed by atoms with Gasteiger partial charge in [-0.3, -0.25) is 9.59 Å². The Bertz CT molecular complexity index is 556. The lowest BCUT2D eigenvalue weighted by atomic mass is 9.92. The lowest BCUT2D eigenvalue weighted by molar-refractivity contribution is -0.862. The minimum absolute atomic E-state index is 0.0161. The Balaban J connectivity index is 2.78. The Morgan fingerprint density at radius 3 is 2.00 bits per heavy atom. The van der Waals surface area contributed by atoms with Crippen LogP contribution in [-0.4, -0.2) is 38.5 Å². The van der Waals surface area contributed by atoms with E-state index in [9.17, 15) is 9.59 Å². The molecule has 25 heavy (non-hydrogen) atoms. The predicted molar refractivity (Wildman–Crippen MR) is 103 cm³/mol. The second-order valence-corrected chi connectivity index (χ2v) is 7.33. The summed E-state index contributed by atoms with van der Waals surface area (Å²) in [6.07, 6.45) is 0.912. The van der Waals surface area contributed by atoms with E-state index in [1.54, 1.807) is 0 Å². The number of likely N-dealkylation sites (N-methyl/N-ethyl adjacent to an activating group) is 1. The average molecular weight is 349 g/mol. The summed E-state index contributed by atoms with van der Waals surface area (Å²) in [5, 5.41) is 5.94. The van der Waals surface area contributed by atoms with Crippen LogP contribution in [0.3, 0.4) is 0 Å². The number of hydrogen-bond acceptors (Lipinski definition) is 2. The molecule has 1 aromatic carbocycles. The smallest absolute Gasteiger partial charge is 0.279 e. The van der Waals surface area contributed by atoms with E-state index >= 15 is 0 Å². The Morgan fingerprint density at radius 1 is 1.00 bits per heavy atom. The van der Waals surface area contributed by atoms with E-state index in [0.717, 1.165) is 28.1 Å². The molecule has 0 aliphatic heterocycles. The largest absolute Gasteiger partial charge is 0.351 e. The molecule has 0 heterocycles. The Morgan fingerprint density at radius 2 is 1.52 bits per heavy atom. The van der Waals surface area contributed by atoms with Crippen molar-refractivity contribution in [2.75, 3.05) is 32.0 Å². The zero-order valence-corrected chi connectivity index (χ0v) is 16.5. The molecule has 1 atom stereocenters. The summed E-state index contributed by atoms with van der Waals surface area (Å²) in [4.78, 5) is 25.2. The molecule has 140 valence electrons. The molecule has 0 saturated carbocycles. The lowest BCUT2D eigenvalue weighted by Crippen LogP contribution is -3.11. The third-order valence-electron chi connectivity index (χ3n) is 4.13. The minimum Gasteiger partial charge on any atom is -0.351 e. The highest BCUT2D eigenvalue weighted by atomic mass is 16.2. The Hall–Kier alpha value is -1.88. The first-order valence-electron chi connectivity index (χ1n) is 9.26. The number of carbonyl (C=O) groups is 2. The summed E-state index contributed by atoms with van der Waals surface area (Å²) < 4.78 is 0. The van der Waals surface area contributed by atoms with Crippen LogP contribution in [0.25, 0.3) is 0 Å². The molecule has 1 rings (SSSR count). The lowest BCUT2D eigenvalue weighted by Gasteiger charge is -2.21. The van der Waals surface area contributed by atoms with Gasteiger partial charge in [-0.05, 0) is 29.4 Å². The van der Waals surface area contributed by atoms with Gasteiger partial charge < -0.3 is 15.5 Å². The van der Waals surface area contributed by atoms with Crippen molar-refractivity contribution in [2.45, 2.75) is 52.9 Å². The number of quaternary nitrogens is 1. The zero-order chi connectivity index (χ0) is 19.0. The number of para-hydroxylation sites is 1.